The summed E-state index contributed by atoms with van der Waals surface area (Å²) in [6, 6.07) is 8.78. The molecule has 2 fully saturated rings. The molecule has 194 valence electrons. The number of hydrogen-bond acceptors (Lipinski definition) is 3. The van der Waals surface area contributed by atoms with Crippen LogP contribution >= 0.6 is 0 Å². The summed E-state index contributed by atoms with van der Waals surface area (Å²) in [7, 11) is 0. The summed E-state index contributed by atoms with van der Waals surface area (Å²) < 4.78 is 33.0. The molecule has 0 N–H and O–H groups in total. The lowest BCUT2D eigenvalue weighted by atomic mass is 9.86. The van der Waals surface area contributed by atoms with Gasteiger partial charge in [0.2, 0.25) is 0 Å². The molecule has 4 nitrogen and oxygen atoms in total. The second kappa shape index (κ2) is 10.9. The summed E-state index contributed by atoms with van der Waals surface area (Å²) in [4.78, 5) is 18.3. The van der Waals surface area contributed by atoms with Crippen molar-refractivity contribution in [2.75, 3.05) is 26.2 Å². The van der Waals surface area contributed by atoms with Gasteiger partial charge in [0.05, 0.1) is 0 Å². The summed E-state index contributed by atoms with van der Waals surface area (Å²) in [6.07, 6.45) is 8.38. The van der Waals surface area contributed by atoms with Crippen LogP contribution in [0.15, 0.2) is 36.4 Å². The van der Waals surface area contributed by atoms with Crippen molar-refractivity contribution in [2.24, 2.45) is 17.8 Å². The average Bonchev–Trinajstić information content (AvgIpc) is 3.67. The molecule has 1 saturated carbocycles. The zero-order valence-electron chi connectivity index (χ0n) is 21.5. The van der Waals surface area contributed by atoms with E-state index in [0.717, 1.165) is 48.9 Å². The first-order valence-electron chi connectivity index (χ1n) is 13.7. The van der Waals surface area contributed by atoms with Crippen LogP contribution in [-0.4, -0.2) is 47.9 Å². The van der Waals surface area contributed by atoms with E-state index in [0.29, 0.717) is 17.2 Å². The molecule has 0 spiro atoms. The third-order valence-corrected chi connectivity index (χ3v) is 8.28. The second-order valence-electron chi connectivity index (χ2n) is 11.3. The molecule has 1 unspecified atom stereocenters. The van der Waals surface area contributed by atoms with E-state index in [1.54, 1.807) is 12.1 Å². The molecule has 0 aromatic heterocycles. The summed E-state index contributed by atoms with van der Waals surface area (Å²) in [5, 5.41) is 0. The molecule has 1 amide bonds. The van der Waals surface area contributed by atoms with E-state index in [4.69, 9.17) is 4.74 Å². The number of likely N-dealkylation sites (tertiary alicyclic amines) is 1. The zero-order valence-corrected chi connectivity index (χ0v) is 21.5. The lowest BCUT2D eigenvalue weighted by Crippen LogP contribution is -2.47. The SMILES string of the molecule is CC(C)C(CCC1CCN(CC2CC2)CC1)N1CCc2ccc(Oc3ccc(F)cc3F)cc2C1=O. The fourth-order valence-electron chi connectivity index (χ4n) is 5.91. The Balaban J connectivity index is 1.22. The van der Waals surface area contributed by atoms with E-state index in [2.05, 4.69) is 23.6 Å². The first-order valence-corrected chi connectivity index (χ1v) is 13.7. The molecule has 2 heterocycles. The first-order chi connectivity index (χ1) is 17.4. The maximum atomic E-state index is 14.1. The van der Waals surface area contributed by atoms with Gasteiger partial charge in [-0.05, 0) is 106 Å². The molecule has 2 aromatic rings. The predicted molar refractivity (Wildman–Crippen MR) is 137 cm³/mol. The van der Waals surface area contributed by atoms with Crippen molar-refractivity contribution in [3.8, 4) is 11.5 Å². The highest BCUT2D eigenvalue weighted by Crippen LogP contribution is 2.34. The van der Waals surface area contributed by atoms with E-state index >= 15 is 0 Å². The Labute approximate surface area is 213 Å². The van der Waals surface area contributed by atoms with Gasteiger partial charge in [0.25, 0.3) is 5.91 Å². The number of benzene rings is 2. The molecule has 2 aromatic carbocycles. The van der Waals surface area contributed by atoms with Gasteiger partial charge in [0, 0.05) is 30.8 Å². The van der Waals surface area contributed by atoms with Gasteiger partial charge in [-0.1, -0.05) is 19.9 Å². The number of amides is 1. The first kappa shape index (κ1) is 25.2. The maximum absolute atomic E-state index is 14.1. The Kier molecular flexibility index (Phi) is 7.61. The van der Waals surface area contributed by atoms with E-state index in [-0.39, 0.29) is 17.7 Å². The number of halogens is 2. The summed E-state index contributed by atoms with van der Waals surface area (Å²) in [6.45, 7) is 8.89. The van der Waals surface area contributed by atoms with Crippen molar-refractivity contribution in [1.29, 1.82) is 0 Å². The number of ether oxygens (including phenoxy) is 1. The number of carbonyl (C=O) groups excluding carboxylic acids is 1. The molecule has 0 radical (unpaired) electrons. The van der Waals surface area contributed by atoms with Crippen LogP contribution in [0.5, 0.6) is 11.5 Å². The van der Waals surface area contributed by atoms with Crippen molar-refractivity contribution >= 4 is 5.91 Å². The van der Waals surface area contributed by atoms with Gasteiger partial charge in [-0.2, -0.15) is 0 Å². The molecule has 2 aliphatic heterocycles. The minimum atomic E-state index is -0.765. The minimum Gasteiger partial charge on any atom is -0.454 e. The number of carbonyl (C=O) groups is 1. The fourth-order valence-corrected chi connectivity index (χ4v) is 5.91. The highest BCUT2D eigenvalue weighted by molar-refractivity contribution is 5.97. The summed E-state index contributed by atoms with van der Waals surface area (Å²) in [5.41, 5.74) is 1.62. The van der Waals surface area contributed by atoms with Crippen molar-refractivity contribution in [2.45, 2.75) is 64.8 Å². The molecular formula is C30H38F2N2O2. The number of rotatable bonds is 9. The molecule has 0 bridgehead atoms. The van der Waals surface area contributed by atoms with E-state index in [1.807, 2.05) is 6.07 Å². The molecule has 5 rings (SSSR count). The third kappa shape index (κ3) is 5.91. The van der Waals surface area contributed by atoms with Gasteiger partial charge in [0.1, 0.15) is 11.6 Å². The van der Waals surface area contributed by atoms with Crippen molar-refractivity contribution < 1.29 is 18.3 Å². The standard InChI is InChI=1S/C30H38F2N2O2/c1-20(2)28(9-5-21-11-14-33(15-12-21)19-22-3-4-22)34-16-13-23-6-8-25(18-26(23)30(34)35)36-29-10-7-24(31)17-27(29)32/h6-8,10,17-18,20-22,28H,3-5,9,11-16,19H2,1-2H3. The number of fused-ring (bicyclic) bond motifs is 1. The molecule has 1 saturated heterocycles. The van der Waals surface area contributed by atoms with Crippen LogP contribution in [0, 0.1) is 29.4 Å². The van der Waals surface area contributed by atoms with Crippen LogP contribution in [-0.2, 0) is 6.42 Å². The van der Waals surface area contributed by atoms with Crippen LogP contribution in [0.2, 0.25) is 0 Å². The second-order valence-corrected chi connectivity index (χ2v) is 11.3. The van der Waals surface area contributed by atoms with Gasteiger partial charge in [-0.3, -0.25) is 4.79 Å². The predicted octanol–water partition coefficient (Wildman–Crippen LogP) is 6.68. The maximum Gasteiger partial charge on any atom is 0.254 e. The van der Waals surface area contributed by atoms with Gasteiger partial charge < -0.3 is 14.5 Å². The molecule has 6 heteroatoms. The van der Waals surface area contributed by atoms with Gasteiger partial charge >= 0.3 is 0 Å². The van der Waals surface area contributed by atoms with Crippen LogP contribution in [0.3, 0.4) is 0 Å². The minimum absolute atomic E-state index is 0.0271. The van der Waals surface area contributed by atoms with Gasteiger partial charge in [-0.25, -0.2) is 8.78 Å². The monoisotopic (exact) mass is 496 g/mol. The van der Waals surface area contributed by atoms with Crippen LogP contribution < -0.4 is 4.74 Å². The Morgan fingerprint density at radius 1 is 0.972 bits per heavy atom. The topological polar surface area (TPSA) is 32.8 Å². The number of hydrogen-bond donors (Lipinski definition) is 0. The largest absolute Gasteiger partial charge is 0.454 e. The Bertz CT molecular complexity index is 1080. The van der Waals surface area contributed by atoms with Gasteiger partial charge in [-0.15, -0.1) is 0 Å². The van der Waals surface area contributed by atoms with Crippen LogP contribution in [0.1, 0.15) is 68.3 Å². The summed E-state index contributed by atoms with van der Waals surface area (Å²) >= 11 is 0. The Morgan fingerprint density at radius 3 is 2.44 bits per heavy atom. The highest BCUT2D eigenvalue weighted by Gasteiger charge is 2.33. The molecule has 3 aliphatic rings. The van der Waals surface area contributed by atoms with E-state index in [9.17, 15) is 13.6 Å². The van der Waals surface area contributed by atoms with Crippen molar-refractivity contribution in [1.82, 2.24) is 9.80 Å². The van der Waals surface area contributed by atoms with Crippen LogP contribution in [0.4, 0.5) is 8.78 Å². The smallest absolute Gasteiger partial charge is 0.254 e. The van der Waals surface area contributed by atoms with E-state index < -0.39 is 11.6 Å². The lowest BCUT2D eigenvalue weighted by Gasteiger charge is -2.39. The normalized spacial score (nSPS) is 20.0. The van der Waals surface area contributed by atoms with Crippen molar-refractivity contribution in [3.05, 3.63) is 59.2 Å². The highest BCUT2D eigenvalue weighted by atomic mass is 19.1. The van der Waals surface area contributed by atoms with Crippen molar-refractivity contribution in [3.63, 3.8) is 0 Å². The summed E-state index contributed by atoms with van der Waals surface area (Å²) in [5.74, 6) is 1.02. The van der Waals surface area contributed by atoms with E-state index in [1.165, 1.54) is 57.8 Å². The average molecular weight is 497 g/mol. The molecular weight excluding hydrogens is 458 g/mol. The van der Waals surface area contributed by atoms with Gasteiger partial charge in [0.15, 0.2) is 11.6 Å². The number of piperidine rings is 1. The van der Waals surface area contributed by atoms with Crippen LogP contribution in [0.25, 0.3) is 0 Å². The fraction of sp³-hybridized carbons (Fsp3) is 0.567. The number of nitrogens with zero attached hydrogens (tertiary/aromatic N) is 2. The third-order valence-electron chi connectivity index (χ3n) is 8.28. The quantitative estimate of drug-likeness (QED) is 0.388. The molecule has 1 aliphatic carbocycles. The lowest BCUT2D eigenvalue weighted by molar-refractivity contribution is 0.0573. The molecule has 36 heavy (non-hydrogen) atoms. The Morgan fingerprint density at radius 2 is 1.75 bits per heavy atom. The Hall–Kier alpha value is -2.47. The zero-order chi connectivity index (χ0) is 25.2. The molecule has 1 atom stereocenters.